The van der Waals surface area contributed by atoms with E-state index in [-0.39, 0.29) is 0 Å². The molecule has 1 aromatic heterocycles. The summed E-state index contributed by atoms with van der Waals surface area (Å²) in [5.74, 6) is 3.32. The van der Waals surface area contributed by atoms with Gasteiger partial charge < -0.3 is 5.32 Å². The van der Waals surface area contributed by atoms with Gasteiger partial charge >= 0.3 is 0 Å². The predicted octanol–water partition coefficient (Wildman–Crippen LogP) is 1.38. The lowest BCUT2D eigenvalue weighted by Gasteiger charge is -2.31. The van der Waals surface area contributed by atoms with Gasteiger partial charge in [0.1, 0.15) is 0 Å². The van der Waals surface area contributed by atoms with Crippen molar-refractivity contribution in [2.45, 2.75) is 18.9 Å². The summed E-state index contributed by atoms with van der Waals surface area (Å²) in [7, 11) is 0. The first-order valence-corrected chi connectivity index (χ1v) is 7.11. The molecule has 108 valence electrons. The molecule has 1 aromatic carbocycles. The highest BCUT2D eigenvalue weighted by Gasteiger charge is 2.18. The maximum Gasteiger partial charge on any atom is 0.204 e. The Morgan fingerprint density at radius 3 is 2.95 bits per heavy atom. The maximum absolute atomic E-state index is 5.35. The molecule has 6 heteroatoms. The third kappa shape index (κ3) is 3.38. The molecule has 2 heterocycles. The van der Waals surface area contributed by atoms with Gasteiger partial charge in [-0.25, -0.2) is 0 Å². The van der Waals surface area contributed by atoms with Crippen molar-refractivity contribution in [3.8, 4) is 23.7 Å². The number of hydrogen-bond donors (Lipinski definition) is 2. The number of likely N-dealkylation sites (tertiary alicyclic amines) is 1. The molecular weight excluding hydrogens is 264 g/mol. The summed E-state index contributed by atoms with van der Waals surface area (Å²) >= 11 is 0. The summed E-state index contributed by atoms with van der Waals surface area (Å²) < 4.78 is 0. The van der Waals surface area contributed by atoms with Crippen molar-refractivity contribution >= 4 is 5.69 Å². The quantitative estimate of drug-likeness (QED) is 0.829. The third-order valence-electron chi connectivity index (χ3n) is 3.74. The first-order chi connectivity index (χ1) is 10.3. The van der Waals surface area contributed by atoms with Crippen molar-refractivity contribution in [2.75, 3.05) is 25.0 Å². The van der Waals surface area contributed by atoms with E-state index < -0.39 is 0 Å². The number of benzene rings is 1. The van der Waals surface area contributed by atoms with E-state index >= 15 is 0 Å². The van der Waals surface area contributed by atoms with Gasteiger partial charge in [-0.1, -0.05) is 18.1 Å². The SMILES string of the molecule is C#CCN1CCC(Nc2cccc(-c3nn[nH]n3)c2)CC1. The van der Waals surface area contributed by atoms with Crippen molar-refractivity contribution in [2.24, 2.45) is 0 Å². The zero-order chi connectivity index (χ0) is 14.5. The fraction of sp³-hybridized carbons (Fsp3) is 0.400. The van der Waals surface area contributed by atoms with Crippen molar-refractivity contribution < 1.29 is 0 Å². The number of tetrazole rings is 1. The lowest BCUT2D eigenvalue weighted by molar-refractivity contribution is 0.243. The van der Waals surface area contributed by atoms with E-state index in [4.69, 9.17) is 6.42 Å². The van der Waals surface area contributed by atoms with E-state index in [2.05, 4.69) is 48.9 Å². The number of H-pyrrole nitrogens is 1. The van der Waals surface area contributed by atoms with Crippen LogP contribution >= 0.6 is 0 Å². The second-order valence-corrected chi connectivity index (χ2v) is 5.22. The molecule has 0 bridgehead atoms. The van der Waals surface area contributed by atoms with Crippen LogP contribution in [0.2, 0.25) is 0 Å². The summed E-state index contributed by atoms with van der Waals surface area (Å²) in [4.78, 5) is 2.31. The summed E-state index contributed by atoms with van der Waals surface area (Å²) in [6.45, 7) is 2.85. The average molecular weight is 282 g/mol. The molecule has 1 aliphatic rings. The van der Waals surface area contributed by atoms with E-state index in [1.54, 1.807) is 0 Å². The lowest BCUT2D eigenvalue weighted by Crippen LogP contribution is -2.39. The minimum atomic E-state index is 0.486. The van der Waals surface area contributed by atoms with Crippen molar-refractivity contribution in [3.05, 3.63) is 24.3 Å². The molecule has 0 radical (unpaired) electrons. The Morgan fingerprint density at radius 2 is 2.24 bits per heavy atom. The van der Waals surface area contributed by atoms with Crippen molar-refractivity contribution in [3.63, 3.8) is 0 Å². The van der Waals surface area contributed by atoms with Gasteiger partial charge in [0.05, 0.1) is 6.54 Å². The largest absolute Gasteiger partial charge is 0.382 e. The van der Waals surface area contributed by atoms with Crippen LogP contribution in [0.15, 0.2) is 24.3 Å². The predicted molar refractivity (Wildman–Crippen MR) is 81.5 cm³/mol. The number of piperidine rings is 1. The molecule has 0 atom stereocenters. The van der Waals surface area contributed by atoms with E-state index in [0.29, 0.717) is 11.9 Å². The number of hydrogen-bond acceptors (Lipinski definition) is 5. The lowest BCUT2D eigenvalue weighted by atomic mass is 10.0. The molecule has 3 rings (SSSR count). The molecule has 0 amide bonds. The fourth-order valence-corrected chi connectivity index (χ4v) is 2.63. The second-order valence-electron chi connectivity index (χ2n) is 5.22. The number of aromatic nitrogens is 4. The van der Waals surface area contributed by atoms with E-state index in [9.17, 15) is 0 Å². The minimum Gasteiger partial charge on any atom is -0.382 e. The van der Waals surface area contributed by atoms with E-state index in [0.717, 1.165) is 43.7 Å². The summed E-state index contributed by atoms with van der Waals surface area (Å²) in [6.07, 6.45) is 7.56. The molecule has 1 saturated heterocycles. The van der Waals surface area contributed by atoms with Gasteiger partial charge in [-0.3, -0.25) is 4.90 Å². The Hall–Kier alpha value is -2.39. The Balaban J connectivity index is 1.61. The standard InChI is InChI=1S/C15H18N6/c1-2-8-21-9-6-13(7-10-21)16-14-5-3-4-12(11-14)15-17-19-20-18-15/h1,3-5,11,13,16H,6-10H2,(H,17,18,19,20). The highest BCUT2D eigenvalue weighted by Crippen LogP contribution is 2.21. The van der Waals surface area contributed by atoms with Gasteiger partial charge in [-0.2, -0.15) is 5.21 Å². The number of aromatic amines is 1. The fourth-order valence-electron chi connectivity index (χ4n) is 2.63. The Morgan fingerprint density at radius 1 is 1.38 bits per heavy atom. The second kappa shape index (κ2) is 6.37. The van der Waals surface area contributed by atoms with Crippen molar-refractivity contribution in [1.82, 2.24) is 25.5 Å². The summed E-state index contributed by atoms with van der Waals surface area (Å²) in [6, 6.07) is 8.59. The molecule has 0 saturated carbocycles. The molecule has 2 N–H and O–H groups in total. The molecule has 6 nitrogen and oxygen atoms in total. The van der Waals surface area contributed by atoms with Crippen LogP contribution in [0.5, 0.6) is 0 Å². The molecule has 2 aromatic rings. The Labute approximate surface area is 123 Å². The van der Waals surface area contributed by atoms with Crippen LogP contribution in [0, 0.1) is 12.3 Å². The molecule has 0 aliphatic carbocycles. The smallest absolute Gasteiger partial charge is 0.204 e. The van der Waals surface area contributed by atoms with Gasteiger partial charge in [0.2, 0.25) is 5.82 Å². The van der Waals surface area contributed by atoms with Crippen LogP contribution in [0.1, 0.15) is 12.8 Å². The van der Waals surface area contributed by atoms with Gasteiger partial charge in [-0.05, 0) is 30.2 Å². The first-order valence-electron chi connectivity index (χ1n) is 7.11. The molecule has 0 spiro atoms. The van der Waals surface area contributed by atoms with Gasteiger partial charge in [0.15, 0.2) is 0 Å². The van der Waals surface area contributed by atoms with Crippen LogP contribution < -0.4 is 5.32 Å². The highest BCUT2D eigenvalue weighted by molar-refractivity contribution is 5.61. The number of nitrogens with zero attached hydrogens (tertiary/aromatic N) is 4. The zero-order valence-electron chi connectivity index (χ0n) is 11.8. The Kier molecular flexibility index (Phi) is 4.12. The van der Waals surface area contributed by atoms with Crippen LogP contribution in [-0.4, -0.2) is 51.2 Å². The molecule has 21 heavy (non-hydrogen) atoms. The molecule has 1 aliphatic heterocycles. The maximum atomic E-state index is 5.35. The normalized spacial score (nSPS) is 16.5. The third-order valence-corrected chi connectivity index (χ3v) is 3.74. The van der Waals surface area contributed by atoms with Crippen LogP contribution in [0.25, 0.3) is 11.4 Å². The van der Waals surface area contributed by atoms with Crippen LogP contribution in [0.4, 0.5) is 5.69 Å². The van der Waals surface area contributed by atoms with Crippen LogP contribution in [0.3, 0.4) is 0 Å². The number of terminal acetylenes is 1. The highest BCUT2D eigenvalue weighted by atomic mass is 15.5. The average Bonchev–Trinajstić information content (AvgIpc) is 3.04. The monoisotopic (exact) mass is 282 g/mol. The first kappa shape index (κ1) is 13.6. The summed E-state index contributed by atoms with van der Waals surface area (Å²) in [5.41, 5.74) is 2.05. The zero-order valence-corrected chi connectivity index (χ0v) is 11.8. The molecule has 1 fully saturated rings. The van der Waals surface area contributed by atoms with Gasteiger partial charge in [-0.15, -0.1) is 16.6 Å². The van der Waals surface area contributed by atoms with Crippen LogP contribution in [-0.2, 0) is 0 Å². The topological polar surface area (TPSA) is 69.7 Å². The number of rotatable bonds is 4. The van der Waals surface area contributed by atoms with Gasteiger partial charge in [0.25, 0.3) is 0 Å². The number of nitrogens with one attached hydrogen (secondary N) is 2. The summed E-state index contributed by atoms with van der Waals surface area (Å²) in [5, 5.41) is 17.7. The van der Waals surface area contributed by atoms with Crippen molar-refractivity contribution in [1.29, 1.82) is 0 Å². The molecular formula is C15H18N6. The van der Waals surface area contributed by atoms with E-state index in [1.807, 2.05) is 12.1 Å². The Bertz CT molecular complexity index is 607. The van der Waals surface area contributed by atoms with E-state index in [1.165, 1.54) is 0 Å². The van der Waals surface area contributed by atoms with Gasteiger partial charge in [0, 0.05) is 30.4 Å². The minimum absolute atomic E-state index is 0.486. The molecule has 0 unspecified atom stereocenters. The number of anilines is 1.